The van der Waals surface area contributed by atoms with Crippen LogP contribution in [0.4, 0.5) is 0 Å². The van der Waals surface area contributed by atoms with E-state index in [1.54, 1.807) is 0 Å². The van der Waals surface area contributed by atoms with E-state index in [0.717, 1.165) is 35.5 Å². The van der Waals surface area contributed by atoms with Gasteiger partial charge in [0.25, 0.3) is 0 Å². The summed E-state index contributed by atoms with van der Waals surface area (Å²) in [5.41, 5.74) is 3.55. The molecule has 0 saturated carbocycles. The van der Waals surface area contributed by atoms with Crippen molar-refractivity contribution in [2.45, 2.75) is 39.7 Å². The second-order valence-electron chi connectivity index (χ2n) is 7.20. The van der Waals surface area contributed by atoms with Gasteiger partial charge in [0.05, 0.1) is 17.9 Å². The van der Waals surface area contributed by atoms with E-state index >= 15 is 0 Å². The Morgan fingerprint density at radius 2 is 2.04 bits per heavy atom. The van der Waals surface area contributed by atoms with Crippen LogP contribution in [0.2, 0.25) is 0 Å². The lowest BCUT2D eigenvalue weighted by Crippen LogP contribution is -2.52. The molecular formula is C21H29N5O2. The van der Waals surface area contributed by atoms with Crippen molar-refractivity contribution < 1.29 is 9.59 Å². The van der Waals surface area contributed by atoms with E-state index in [4.69, 9.17) is 0 Å². The van der Waals surface area contributed by atoms with Crippen LogP contribution < -0.4 is 10.6 Å². The Hall–Kier alpha value is -2.67. The fourth-order valence-corrected chi connectivity index (χ4v) is 3.71. The summed E-state index contributed by atoms with van der Waals surface area (Å²) in [6, 6.07) is 9.36. The Bertz CT molecular complexity index is 831. The van der Waals surface area contributed by atoms with E-state index in [0.29, 0.717) is 19.6 Å². The molecule has 0 radical (unpaired) electrons. The number of nitrogens with zero attached hydrogens (tertiary/aromatic N) is 3. The molecule has 2 heterocycles. The molecule has 3 rings (SSSR count). The second kappa shape index (κ2) is 9.01. The summed E-state index contributed by atoms with van der Waals surface area (Å²) in [6.07, 6.45) is 1.99. The molecule has 7 heteroatoms. The van der Waals surface area contributed by atoms with Gasteiger partial charge in [0.2, 0.25) is 11.8 Å². The Labute approximate surface area is 166 Å². The van der Waals surface area contributed by atoms with Crippen molar-refractivity contribution in [3.63, 3.8) is 0 Å². The molecule has 1 aliphatic heterocycles. The molecule has 1 unspecified atom stereocenters. The molecule has 2 aromatic rings. The predicted octanol–water partition coefficient (Wildman–Crippen LogP) is 1.88. The van der Waals surface area contributed by atoms with E-state index in [9.17, 15) is 9.59 Å². The molecule has 0 bridgehead atoms. The van der Waals surface area contributed by atoms with E-state index in [1.807, 2.05) is 53.8 Å². The number of aryl methyl sites for hydroxylation is 1. The lowest BCUT2D eigenvalue weighted by atomic mass is 10.00. The highest BCUT2D eigenvalue weighted by molar-refractivity contribution is 5.86. The molecule has 1 aromatic heterocycles. The van der Waals surface area contributed by atoms with Crippen molar-refractivity contribution in [3.8, 4) is 5.69 Å². The van der Waals surface area contributed by atoms with Crippen molar-refractivity contribution in [2.24, 2.45) is 0 Å². The van der Waals surface area contributed by atoms with Crippen LogP contribution in [0.3, 0.4) is 0 Å². The monoisotopic (exact) mass is 383 g/mol. The maximum Gasteiger partial charge on any atom is 0.242 e. The molecule has 1 saturated heterocycles. The van der Waals surface area contributed by atoms with Crippen molar-refractivity contribution in [1.29, 1.82) is 0 Å². The Kier molecular flexibility index (Phi) is 6.46. The van der Waals surface area contributed by atoms with Gasteiger partial charge in [-0.15, -0.1) is 0 Å². The Morgan fingerprint density at radius 1 is 1.29 bits per heavy atom. The zero-order valence-corrected chi connectivity index (χ0v) is 16.9. The van der Waals surface area contributed by atoms with Crippen LogP contribution in [0.5, 0.6) is 0 Å². The normalized spacial score (nSPS) is 17.4. The highest BCUT2D eigenvalue weighted by Crippen LogP contribution is 2.30. The van der Waals surface area contributed by atoms with Gasteiger partial charge >= 0.3 is 0 Å². The number of amides is 2. The van der Waals surface area contributed by atoms with Crippen LogP contribution in [0, 0.1) is 13.8 Å². The first kappa shape index (κ1) is 20.1. The topological polar surface area (TPSA) is 79.3 Å². The van der Waals surface area contributed by atoms with Gasteiger partial charge in [0.15, 0.2) is 0 Å². The van der Waals surface area contributed by atoms with Crippen molar-refractivity contribution in [1.82, 2.24) is 25.3 Å². The molecule has 1 fully saturated rings. The Balaban J connectivity index is 1.87. The summed E-state index contributed by atoms with van der Waals surface area (Å²) in [7, 11) is 0. The number of benzene rings is 1. The van der Waals surface area contributed by atoms with Crippen LogP contribution in [0.15, 0.2) is 30.3 Å². The number of carbonyl (C=O) groups is 2. The van der Waals surface area contributed by atoms with Crippen LogP contribution >= 0.6 is 0 Å². The molecule has 0 aliphatic carbocycles. The maximum atomic E-state index is 12.8. The van der Waals surface area contributed by atoms with Crippen LogP contribution in [-0.4, -0.2) is 52.7 Å². The maximum absolute atomic E-state index is 12.8. The molecule has 1 aromatic carbocycles. The van der Waals surface area contributed by atoms with Gasteiger partial charge in [-0.3, -0.25) is 14.5 Å². The number of unbranched alkanes of at least 4 members (excludes halogenated alkanes) is 1. The minimum absolute atomic E-state index is 0.0427. The van der Waals surface area contributed by atoms with Gasteiger partial charge in [-0.25, -0.2) is 4.68 Å². The summed E-state index contributed by atoms with van der Waals surface area (Å²) < 4.78 is 1.87. The summed E-state index contributed by atoms with van der Waals surface area (Å²) in [6.45, 7) is 8.04. The average molecular weight is 383 g/mol. The fraction of sp³-hybridized carbons (Fsp3) is 0.476. The number of rotatable bonds is 7. The zero-order chi connectivity index (χ0) is 20.1. The first-order valence-corrected chi connectivity index (χ1v) is 9.93. The third-order valence-corrected chi connectivity index (χ3v) is 5.13. The van der Waals surface area contributed by atoms with Gasteiger partial charge in [0.1, 0.15) is 6.04 Å². The average Bonchev–Trinajstić information content (AvgIpc) is 2.97. The van der Waals surface area contributed by atoms with Crippen LogP contribution in [0.1, 0.15) is 42.8 Å². The molecule has 150 valence electrons. The smallest absolute Gasteiger partial charge is 0.242 e. The quantitative estimate of drug-likeness (QED) is 0.716. The molecule has 2 N–H and O–H groups in total. The highest BCUT2D eigenvalue weighted by Gasteiger charge is 2.36. The summed E-state index contributed by atoms with van der Waals surface area (Å²) in [5.74, 6) is -0.120. The number of aromatic nitrogens is 2. The molecule has 2 amide bonds. The lowest BCUT2D eigenvalue weighted by Gasteiger charge is -2.34. The van der Waals surface area contributed by atoms with Gasteiger partial charge in [-0.05, 0) is 32.4 Å². The van der Waals surface area contributed by atoms with E-state index in [2.05, 4.69) is 22.7 Å². The van der Waals surface area contributed by atoms with Gasteiger partial charge in [-0.2, -0.15) is 5.10 Å². The largest absolute Gasteiger partial charge is 0.355 e. The number of hydrogen-bond donors (Lipinski definition) is 2. The second-order valence-corrected chi connectivity index (χ2v) is 7.20. The van der Waals surface area contributed by atoms with Crippen molar-refractivity contribution in [2.75, 3.05) is 26.2 Å². The summed E-state index contributed by atoms with van der Waals surface area (Å²) >= 11 is 0. The van der Waals surface area contributed by atoms with Gasteiger partial charge in [-0.1, -0.05) is 31.5 Å². The molecule has 1 aliphatic rings. The number of nitrogens with one attached hydrogen (secondary N) is 2. The number of hydrogen-bond acceptors (Lipinski definition) is 4. The zero-order valence-electron chi connectivity index (χ0n) is 16.9. The molecule has 1 atom stereocenters. The number of piperazine rings is 1. The molecule has 0 spiro atoms. The predicted molar refractivity (Wildman–Crippen MR) is 108 cm³/mol. The number of carbonyl (C=O) groups excluding carboxylic acids is 2. The van der Waals surface area contributed by atoms with Gasteiger partial charge in [0, 0.05) is 30.9 Å². The lowest BCUT2D eigenvalue weighted by molar-refractivity contribution is -0.131. The third kappa shape index (κ3) is 4.25. The first-order chi connectivity index (χ1) is 13.5. The first-order valence-electron chi connectivity index (χ1n) is 9.93. The minimum atomic E-state index is -0.511. The molecule has 28 heavy (non-hydrogen) atoms. The number of para-hydroxylation sites is 1. The van der Waals surface area contributed by atoms with Gasteiger partial charge < -0.3 is 10.6 Å². The fourth-order valence-electron chi connectivity index (χ4n) is 3.71. The van der Waals surface area contributed by atoms with Crippen LogP contribution in [-0.2, 0) is 9.59 Å². The summed E-state index contributed by atoms with van der Waals surface area (Å²) in [4.78, 5) is 27.1. The SMILES string of the molecule is CCCCNC(=O)CN1CCNC(=O)C1c1c(C)nn(-c2ccccc2)c1C. The van der Waals surface area contributed by atoms with E-state index in [-0.39, 0.29) is 18.4 Å². The van der Waals surface area contributed by atoms with E-state index < -0.39 is 6.04 Å². The highest BCUT2D eigenvalue weighted by atomic mass is 16.2. The summed E-state index contributed by atoms with van der Waals surface area (Å²) in [5, 5.41) is 10.6. The molecular weight excluding hydrogens is 354 g/mol. The minimum Gasteiger partial charge on any atom is -0.355 e. The third-order valence-electron chi connectivity index (χ3n) is 5.13. The van der Waals surface area contributed by atoms with Crippen molar-refractivity contribution >= 4 is 11.8 Å². The standard InChI is InChI=1S/C21H29N5O2/c1-4-5-11-22-18(27)14-25-13-12-23-21(28)20(25)19-15(2)24-26(16(19)3)17-9-7-6-8-10-17/h6-10,20H,4-5,11-14H2,1-3H3,(H,22,27)(H,23,28). The van der Waals surface area contributed by atoms with E-state index in [1.165, 1.54) is 0 Å². The Morgan fingerprint density at radius 3 is 2.75 bits per heavy atom. The van der Waals surface area contributed by atoms with Crippen molar-refractivity contribution in [3.05, 3.63) is 47.3 Å². The molecule has 7 nitrogen and oxygen atoms in total. The van der Waals surface area contributed by atoms with Crippen LogP contribution in [0.25, 0.3) is 5.69 Å².